The van der Waals surface area contributed by atoms with Gasteiger partial charge in [-0.05, 0) is 74.7 Å². The maximum Gasteiger partial charge on any atom is 0.265 e. The van der Waals surface area contributed by atoms with Gasteiger partial charge in [-0.3, -0.25) is 9.59 Å². The summed E-state index contributed by atoms with van der Waals surface area (Å²) in [7, 11) is -3.91. The summed E-state index contributed by atoms with van der Waals surface area (Å²) in [4.78, 5) is 25.2. The van der Waals surface area contributed by atoms with Crippen molar-refractivity contribution in [1.29, 1.82) is 0 Å². The fraction of sp³-hybridized carbons (Fsp3) is 0.182. The van der Waals surface area contributed by atoms with Crippen LogP contribution in [0, 0.1) is 0 Å². The van der Waals surface area contributed by atoms with Gasteiger partial charge in [0.1, 0.15) is 4.90 Å². The Labute approximate surface area is 195 Å². The van der Waals surface area contributed by atoms with Gasteiger partial charge in [-0.2, -0.15) is 0 Å². The molecule has 2 aromatic carbocycles. The Kier molecular flexibility index (Phi) is 7.04. The summed E-state index contributed by atoms with van der Waals surface area (Å²) in [5, 5.41) is 7.32. The summed E-state index contributed by atoms with van der Waals surface area (Å²) in [6.07, 6.45) is 0. The number of carbonyl (C=O) groups is 2. The molecule has 3 aromatic rings. The number of halogens is 1. The van der Waals surface area contributed by atoms with E-state index in [2.05, 4.69) is 15.4 Å². The maximum atomic E-state index is 12.7. The van der Waals surface area contributed by atoms with Crippen LogP contribution in [-0.4, -0.2) is 25.8 Å². The van der Waals surface area contributed by atoms with Crippen molar-refractivity contribution in [3.8, 4) is 0 Å². The van der Waals surface area contributed by atoms with Crippen LogP contribution in [-0.2, 0) is 10.0 Å². The summed E-state index contributed by atoms with van der Waals surface area (Å²) in [5.74, 6) is -0.709. The molecular formula is C22H22ClN3O4S2. The Balaban J connectivity index is 1.72. The third-order valence-corrected chi connectivity index (χ3v) is 7.18. The number of rotatable bonds is 6. The Bertz CT molecular complexity index is 1230. The van der Waals surface area contributed by atoms with Gasteiger partial charge in [-0.25, -0.2) is 13.1 Å². The summed E-state index contributed by atoms with van der Waals surface area (Å²) in [6.45, 7) is 5.13. The molecule has 2 amide bonds. The van der Waals surface area contributed by atoms with E-state index in [1.807, 2.05) is 5.38 Å². The van der Waals surface area contributed by atoms with Gasteiger partial charge in [-0.1, -0.05) is 17.7 Å². The number of carbonyl (C=O) groups excluding carboxylic acids is 2. The third kappa shape index (κ3) is 6.17. The van der Waals surface area contributed by atoms with Crippen LogP contribution in [0.15, 0.2) is 64.9 Å². The number of hydrogen-bond acceptors (Lipinski definition) is 5. The molecule has 168 valence electrons. The molecule has 7 nitrogen and oxygen atoms in total. The molecule has 0 aliphatic heterocycles. The number of anilines is 2. The summed E-state index contributed by atoms with van der Waals surface area (Å²) < 4.78 is 27.8. The number of sulfonamides is 1. The fourth-order valence-corrected chi connectivity index (χ4v) is 5.31. The highest BCUT2D eigenvalue weighted by molar-refractivity contribution is 7.89. The molecule has 10 heteroatoms. The molecule has 0 spiro atoms. The Morgan fingerprint density at radius 3 is 2.03 bits per heavy atom. The molecule has 1 aromatic heterocycles. The van der Waals surface area contributed by atoms with Crippen LogP contribution in [0.2, 0.25) is 5.02 Å². The molecule has 3 N–H and O–H groups in total. The average Bonchev–Trinajstić information content (AvgIpc) is 3.23. The SMILES string of the molecule is CC(C)(C)NS(=O)(=O)c1cc(C(=O)Nc2ccc(NC(=O)c3cccs3)cc2)ccc1Cl. The van der Waals surface area contributed by atoms with Crippen molar-refractivity contribution in [1.82, 2.24) is 4.72 Å². The first-order valence-electron chi connectivity index (χ1n) is 9.54. The zero-order valence-electron chi connectivity index (χ0n) is 17.6. The first-order chi connectivity index (χ1) is 14.9. The summed E-state index contributed by atoms with van der Waals surface area (Å²) in [6, 6.07) is 14.2. The van der Waals surface area contributed by atoms with E-state index in [9.17, 15) is 18.0 Å². The number of nitrogens with one attached hydrogen (secondary N) is 3. The lowest BCUT2D eigenvalue weighted by molar-refractivity contribution is 0.102. The minimum atomic E-state index is -3.91. The molecule has 0 radical (unpaired) electrons. The largest absolute Gasteiger partial charge is 0.322 e. The molecular weight excluding hydrogens is 470 g/mol. The van der Waals surface area contributed by atoms with Crippen LogP contribution >= 0.6 is 22.9 Å². The van der Waals surface area contributed by atoms with E-state index in [4.69, 9.17) is 11.6 Å². The first kappa shape index (κ1) is 23.9. The van der Waals surface area contributed by atoms with Gasteiger partial charge in [0.05, 0.1) is 9.90 Å². The average molecular weight is 492 g/mol. The lowest BCUT2D eigenvalue weighted by atomic mass is 10.1. The van der Waals surface area contributed by atoms with Gasteiger partial charge >= 0.3 is 0 Å². The Morgan fingerprint density at radius 1 is 0.906 bits per heavy atom. The molecule has 0 aliphatic carbocycles. The summed E-state index contributed by atoms with van der Waals surface area (Å²) in [5.41, 5.74) is 0.491. The van der Waals surface area contributed by atoms with E-state index < -0.39 is 21.5 Å². The van der Waals surface area contributed by atoms with Crippen molar-refractivity contribution >= 4 is 56.2 Å². The van der Waals surface area contributed by atoms with Crippen molar-refractivity contribution < 1.29 is 18.0 Å². The van der Waals surface area contributed by atoms with E-state index in [0.717, 1.165) is 0 Å². The van der Waals surface area contributed by atoms with Crippen molar-refractivity contribution in [3.05, 3.63) is 75.4 Å². The van der Waals surface area contributed by atoms with Crippen LogP contribution in [0.5, 0.6) is 0 Å². The predicted molar refractivity (Wildman–Crippen MR) is 128 cm³/mol. The molecule has 0 unspecified atom stereocenters. The minimum Gasteiger partial charge on any atom is -0.322 e. The van der Waals surface area contributed by atoms with Gasteiger partial charge in [0.25, 0.3) is 11.8 Å². The van der Waals surface area contributed by atoms with Gasteiger partial charge in [0, 0.05) is 22.5 Å². The zero-order valence-corrected chi connectivity index (χ0v) is 20.0. The molecule has 0 fully saturated rings. The van der Waals surface area contributed by atoms with E-state index in [-0.39, 0.29) is 21.4 Å². The minimum absolute atomic E-state index is 0.0177. The molecule has 32 heavy (non-hydrogen) atoms. The maximum absolute atomic E-state index is 12.7. The van der Waals surface area contributed by atoms with Crippen molar-refractivity contribution in [3.63, 3.8) is 0 Å². The molecule has 0 saturated carbocycles. The van der Waals surface area contributed by atoms with Crippen molar-refractivity contribution in [2.45, 2.75) is 31.2 Å². The predicted octanol–water partition coefficient (Wildman–Crippen LogP) is 4.98. The van der Waals surface area contributed by atoms with Crippen LogP contribution in [0.25, 0.3) is 0 Å². The molecule has 3 rings (SSSR count). The summed E-state index contributed by atoms with van der Waals surface area (Å²) >= 11 is 7.43. The number of hydrogen-bond donors (Lipinski definition) is 3. The fourth-order valence-electron chi connectivity index (χ4n) is 2.75. The monoisotopic (exact) mass is 491 g/mol. The zero-order chi connectivity index (χ0) is 23.5. The molecule has 0 atom stereocenters. The van der Waals surface area contributed by atoms with Gasteiger partial charge in [0.15, 0.2) is 0 Å². The van der Waals surface area contributed by atoms with Crippen molar-refractivity contribution in [2.75, 3.05) is 10.6 Å². The molecule has 0 aliphatic rings. The van der Waals surface area contributed by atoms with E-state index in [1.54, 1.807) is 57.2 Å². The van der Waals surface area contributed by atoms with Crippen molar-refractivity contribution in [2.24, 2.45) is 0 Å². The highest BCUT2D eigenvalue weighted by Crippen LogP contribution is 2.25. The van der Waals surface area contributed by atoms with Crippen LogP contribution in [0.3, 0.4) is 0 Å². The smallest absolute Gasteiger partial charge is 0.265 e. The Morgan fingerprint density at radius 2 is 1.50 bits per heavy atom. The number of amides is 2. The topological polar surface area (TPSA) is 104 Å². The third-order valence-electron chi connectivity index (χ3n) is 4.07. The lowest BCUT2D eigenvalue weighted by Gasteiger charge is -2.21. The van der Waals surface area contributed by atoms with E-state index in [1.165, 1.54) is 29.5 Å². The number of thiophene rings is 1. The normalized spacial score (nSPS) is 11.8. The molecule has 1 heterocycles. The van der Waals surface area contributed by atoms with E-state index >= 15 is 0 Å². The Hall–Kier alpha value is -2.72. The second kappa shape index (κ2) is 9.41. The first-order valence-corrected chi connectivity index (χ1v) is 12.3. The van der Waals surface area contributed by atoms with E-state index in [0.29, 0.717) is 16.3 Å². The van der Waals surface area contributed by atoms with Gasteiger partial charge in [0.2, 0.25) is 10.0 Å². The van der Waals surface area contributed by atoms with Crippen LogP contribution < -0.4 is 15.4 Å². The lowest BCUT2D eigenvalue weighted by Crippen LogP contribution is -2.40. The second-order valence-corrected chi connectivity index (χ2v) is 11.0. The second-order valence-electron chi connectivity index (χ2n) is 7.96. The quantitative estimate of drug-likeness (QED) is 0.452. The van der Waals surface area contributed by atoms with Gasteiger partial charge in [-0.15, -0.1) is 11.3 Å². The highest BCUT2D eigenvalue weighted by atomic mass is 35.5. The molecule has 0 saturated heterocycles. The van der Waals surface area contributed by atoms with Crippen LogP contribution in [0.1, 0.15) is 40.8 Å². The highest BCUT2D eigenvalue weighted by Gasteiger charge is 2.25. The van der Waals surface area contributed by atoms with Crippen LogP contribution in [0.4, 0.5) is 11.4 Å². The molecule has 0 bridgehead atoms. The number of benzene rings is 2. The van der Waals surface area contributed by atoms with Gasteiger partial charge < -0.3 is 10.6 Å². The standard InChI is InChI=1S/C22H22ClN3O4S2/c1-22(2,3)26-32(29,30)19-13-14(6-11-17(19)23)20(27)24-15-7-9-16(10-8-15)25-21(28)18-5-4-12-31-18/h4-13,26H,1-3H3,(H,24,27)(H,25,28).